The first-order chi connectivity index (χ1) is 15.4. The summed E-state index contributed by atoms with van der Waals surface area (Å²) in [4.78, 5) is 25.3. The van der Waals surface area contributed by atoms with E-state index in [2.05, 4.69) is 46.8 Å². The molecule has 0 radical (unpaired) electrons. The van der Waals surface area contributed by atoms with E-state index in [0.29, 0.717) is 5.92 Å². The lowest BCUT2D eigenvalue weighted by Crippen LogP contribution is -2.64. The van der Waals surface area contributed by atoms with E-state index in [1.165, 1.54) is 6.92 Å². The highest BCUT2D eigenvalue weighted by Crippen LogP contribution is 2.72. The van der Waals surface area contributed by atoms with Gasteiger partial charge < -0.3 is 13.9 Å². The molecule has 0 bridgehead atoms. The Kier molecular flexibility index (Phi) is 4.84. The smallest absolute Gasteiger partial charge is 0.331 e. The monoisotopic (exact) mass is 452 g/mol. The molecule has 5 heteroatoms. The highest BCUT2D eigenvalue weighted by atomic mass is 16.6. The van der Waals surface area contributed by atoms with Crippen LogP contribution < -0.4 is 0 Å². The summed E-state index contributed by atoms with van der Waals surface area (Å²) in [7, 11) is 0. The number of allylic oxidation sites excluding steroid dienone is 2. The molecular formula is C28H36O5. The molecule has 0 amide bonds. The van der Waals surface area contributed by atoms with Crippen LogP contribution in [0, 0.1) is 33.5 Å². The van der Waals surface area contributed by atoms with Crippen molar-refractivity contribution in [1.82, 2.24) is 0 Å². The van der Waals surface area contributed by atoms with Crippen LogP contribution in [-0.4, -0.2) is 18.0 Å². The minimum Gasteiger partial charge on any atom is -0.472 e. The van der Waals surface area contributed by atoms with Crippen LogP contribution in [0.15, 0.2) is 46.8 Å². The summed E-state index contributed by atoms with van der Waals surface area (Å²) < 4.78 is 17.4. The van der Waals surface area contributed by atoms with Gasteiger partial charge in [-0.25, -0.2) is 4.79 Å². The van der Waals surface area contributed by atoms with Gasteiger partial charge in [0.05, 0.1) is 12.5 Å². The minimum absolute atomic E-state index is 0.0399. The van der Waals surface area contributed by atoms with E-state index < -0.39 is 16.9 Å². The fourth-order valence-electron chi connectivity index (χ4n) is 8.37. The normalized spacial score (nSPS) is 43.5. The molecule has 3 aliphatic carbocycles. The first-order valence-electron chi connectivity index (χ1n) is 12.2. The van der Waals surface area contributed by atoms with Crippen LogP contribution in [0.1, 0.15) is 78.9 Å². The van der Waals surface area contributed by atoms with E-state index in [1.54, 1.807) is 18.6 Å². The number of ether oxygens (including phenoxy) is 2. The lowest BCUT2D eigenvalue weighted by molar-refractivity contribution is -0.195. The van der Waals surface area contributed by atoms with Crippen LogP contribution in [0.25, 0.3) is 0 Å². The maximum absolute atomic E-state index is 12.9. The molecule has 1 aromatic rings. The molecule has 178 valence electrons. The number of fused-ring (bicyclic) bond motifs is 5. The van der Waals surface area contributed by atoms with E-state index in [4.69, 9.17) is 13.9 Å². The van der Waals surface area contributed by atoms with Gasteiger partial charge in [-0.1, -0.05) is 46.8 Å². The van der Waals surface area contributed by atoms with Gasteiger partial charge >= 0.3 is 11.9 Å². The van der Waals surface area contributed by atoms with E-state index in [1.807, 2.05) is 6.07 Å². The van der Waals surface area contributed by atoms with Gasteiger partial charge in [0.25, 0.3) is 0 Å². The average molecular weight is 453 g/mol. The van der Waals surface area contributed by atoms with E-state index >= 15 is 0 Å². The third-order valence-electron chi connectivity index (χ3n) is 9.79. The number of carbonyl (C=O) groups is 2. The molecule has 5 nitrogen and oxygen atoms in total. The van der Waals surface area contributed by atoms with E-state index in [9.17, 15) is 9.59 Å². The Hall–Kier alpha value is -2.30. The van der Waals surface area contributed by atoms with Gasteiger partial charge in [0.15, 0.2) is 0 Å². The van der Waals surface area contributed by atoms with Gasteiger partial charge in [-0.2, -0.15) is 0 Å². The molecule has 2 fully saturated rings. The third kappa shape index (κ3) is 3.03. The summed E-state index contributed by atoms with van der Waals surface area (Å²) in [6.07, 6.45) is 12.8. The van der Waals surface area contributed by atoms with Crippen LogP contribution >= 0.6 is 0 Å². The van der Waals surface area contributed by atoms with Gasteiger partial charge in [-0.15, -0.1) is 0 Å². The summed E-state index contributed by atoms with van der Waals surface area (Å²) in [5.41, 5.74) is 1.16. The molecule has 2 heterocycles. The standard InChI is InChI=1S/C28H36O5/c1-17(29)32-22-14-20-25(2,3)10-7-11-26(20,4)19-8-12-27(5)21(28(19,22)6)15-23(30)33-24(27)18-9-13-31-16-18/h7,9,11,13,15-16,19-20,22,24H,8,10,12,14H2,1-6H3. The number of hydrogen-bond donors (Lipinski definition) is 0. The number of hydrogen-bond acceptors (Lipinski definition) is 5. The molecule has 7 unspecified atom stereocenters. The van der Waals surface area contributed by atoms with Crippen molar-refractivity contribution in [2.75, 3.05) is 0 Å². The summed E-state index contributed by atoms with van der Waals surface area (Å²) in [5, 5.41) is 0. The Balaban J connectivity index is 1.69. The average Bonchev–Trinajstić information content (AvgIpc) is 3.24. The summed E-state index contributed by atoms with van der Waals surface area (Å²) in [6.45, 7) is 13.0. The van der Waals surface area contributed by atoms with Crippen LogP contribution in [0.5, 0.6) is 0 Å². The summed E-state index contributed by atoms with van der Waals surface area (Å²) in [5.74, 6) is 0.0519. The van der Waals surface area contributed by atoms with Crippen molar-refractivity contribution in [3.8, 4) is 0 Å². The number of rotatable bonds is 2. The molecule has 0 spiro atoms. The van der Waals surface area contributed by atoms with Crippen molar-refractivity contribution in [2.24, 2.45) is 33.5 Å². The van der Waals surface area contributed by atoms with Gasteiger partial charge in [0.2, 0.25) is 0 Å². The van der Waals surface area contributed by atoms with Crippen molar-refractivity contribution in [2.45, 2.75) is 79.4 Å². The minimum atomic E-state index is -0.469. The zero-order chi connectivity index (χ0) is 23.8. The van der Waals surface area contributed by atoms with E-state index in [0.717, 1.165) is 36.8 Å². The van der Waals surface area contributed by atoms with Crippen molar-refractivity contribution < 1.29 is 23.5 Å². The number of carbonyl (C=O) groups excluding carboxylic acids is 2. The predicted molar refractivity (Wildman–Crippen MR) is 124 cm³/mol. The maximum atomic E-state index is 12.9. The van der Waals surface area contributed by atoms with Gasteiger partial charge in [0, 0.05) is 29.4 Å². The zero-order valence-electron chi connectivity index (χ0n) is 20.6. The Morgan fingerprint density at radius 1 is 1.15 bits per heavy atom. The first-order valence-corrected chi connectivity index (χ1v) is 12.2. The molecule has 0 aromatic carbocycles. The second-order valence-electron chi connectivity index (χ2n) is 12.1. The fourth-order valence-corrected chi connectivity index (χ4v) is 8.37. The molecule has 2 saturated carbocycles. The quantitative estimate of drug-likeness (QED) is 0.396. The van der Waals surface area contributed by atoms with Crippen molar-refractivity contribution in [3.63, 3.8) is 0 Å². The van der Waals surface area contributed by atoms with Gasteiger partial charge in [-0.3, -0.25) is 4.79 Å². The molecular weight excluding hydrogens is 416 g/mol. The molecule has 0 saturated heterocycles. The van der Waals surface area contributed by atoms with Crippen molar-refractivity contribution in [3.05, 3.63) is 48.0 Å². The van der Waals surface area contributed by atoms with Gasteiger partial charge in [0.1, 0.15) is 12.2 Å². The molecule has 1 aromatic heterocycles. The van der Waals surface area contributed by atoms with Gasteiger partial charge in [-0.05, 0) is 60.0 Å². The summed E-state index contributed by atoms with van der Waals surface area (Å²) in [6, 6.07) is 1.88. The van der Waals surface area contributed by atoms with Crippen molar-refractivity contribution in [1.29, 1.82) is 0 Å². The fraction of sp³-hybridized carbons (Fsp3) is 0.643. The molecule has 33 heavy (non-hydrogen) atoms. The molecule has 1 aliphatic heterocycles. The van der Waals surface area contributed by atoms with Crippen LogP contribution in [0.4, 0.5) is 0 Å². The maximum Gasteiger partial charge on any atom is 0.331 e. The molecule has 4 aliphatic rings. The highest BCUT2D eigenvalue weighted by molar-refractivity contribution is 5.85. The van der Waals surface area contributed by atoms with Crippen LogP contribution in [0.2, 0.25) is 0 Å². The Bertz CT molecular complexity index is 1030. The molecule has 7 atom stereocenters. The lowest BCUT2D eigenvalue weighted by Gasteiger charge is -2.67. The summed E-state index contributed by atoms with van der Waals surface area (Å²) >= 11 is 0. The SMILES string of the molecule is CC(=O)OC1CC2C(C)(C)CC=CC2(C)C2CCC3(C)C(=CC(=O)OC3c3ccoc3)C12C. The predicted octanol–water partition coefficient (Wildman–Crippen LogP) is 6.17. The largest absolute Gasteiger partial charge is 0.472 e. The van der Waals surface area contributed by atoms with E-state index in [-0.39, 0.29) is 34.8 Å². The Morgan fingerprint density at radius 3 is 2.58 bits per heavy atom. The Morgan fingerprint density at radius 2 is 1.91 bits per heavy atom. The molecule has 0 N–H and O–H groups in total. The topological polar surface area (TPSA) is 65.7 Å². The molecule has 5 rings (SSSR count). The Labute approximate surface area is 196 Å². The third-order valence-corrected chi connectivity index (χ3v) is 9.79. The second kappa shape index (κ2) is 7.10. The zero-order valence-corrected chi connectivity index (χ0v) is 20.6. The second-order valence-corrected chi connectivity index (χ2v) is 12.1. The van der Waals surface area contributed by atoms with Crippen molar-refractivity contribution >= 4 is 11.9 Å². The highest BCUT2D eigenvalue weighted by Gasteiger charge is 2.68. The first kappa shape index (κ1) is 22.5. The number of cyclic esters (lactones) is 1. The number of esters is 2. The number of furan rings is 1. The van der Waals surface area contributed by atoms with Crippen LogP contribution in [0.3, 0.4) is 0 Å². The lowest BCUT2D eigenvalue weighted by atomic mass is 9.38. The van der Waals surface area contributed by atoms with Crippen LogP contribution in [-0.2, 0) is 19.1 Å².